The second-order valence-corrected chi connectivity index (χ2v) is 8.21. The number of aliphatic hydroxyl groups is 1. The smallest absolute Gasteiger partial charge is 0.244 e. The van der Waals surface area contributed by atoms with Crippen LogP contribution in [0.4, 0.5) is 0 Å². The summed E-state index contributed by atoms with van der Waals surface area (Å²) in [4.78, 5) is 0.0399. The van der Waals surface area contributed by atoms with Gasteiger partial charge in [0.1, 0.15) is 6.07 Å². The van der Waals surface area contributed by atoms with Crippen molar-refractivity contribution in [2.45, 2.75) is 30.6 Å². The predicted octanol–water partition coefficient (Wildman–Crippen LogP) is 1.75. The van der Waals surface area contributed by atoms with Crippen molar-refractivity contribution in [2.75, 3.05) is 33.4 Å². The highest BCUT2D eigenvalue weighted by Crippen LogP contribution is 2.36. The van der Waals surface area contributed by atoms with Crippen molar-refractivity contribution >= 4 is 10.0 Å². The Labute approximate surface area is 143 Å². The average Bonchev–Trinajstić information content (AvgIpc) is 2.62. The lowest BCUT2D eigenvalue weighted by molar-refractivity contribution is 0.0472. The summed E-state index contributed by atoms with van der Waals surface area (Å²) in [6.45, 7) is 1.22. The largest absolute Gasteiger partial charge is 0.396 e. The van der Waals surface area contributed by atoms with Crippen molar-refractivity contribution in [1.82, 2.24) is 4.31 Å². The third-order valence-corrected chi connectivity index (χ3v) is 6.55. The Kier molecular flexibility index (Phi) is 6.35. The highest BCUT2D eigenvalue weighted by atomic mass is 32.2. The standard InChI is InChI=1S/C17H24N2O4S/c1-23-11-5-9-17(14-20)8-4-10-19(13-17)24(21,22)16-7-3-2-6-15(16)12-18/h2-3,6-7,20H,4-5,8-11,13-14H2,1H3/t17-/m1/s1. The summed E-state index contributed by atoms with van der Waals surface area (Å²) in [6, 6.07) is 8.19. The molecule has 1 fully saturated rings. The summed E-state index contributed by atoms with van der Waals surface area (Å²) < 4.78 is 32.4. The molecule has 1 atom stereocenters. The Morgan fingerprint density at radius 3 is 2.83 bits per heavy atom. The van der Waals surface area contributed by atoms with E-state index in [4.69, 9.17) is 4.74 Å². The van der Waals surface area contributed by atoms with Crippen LogP contribution in [0.1, 0.15) is 31.2 Å². The molecule has 132 valence electrons. The van der Waals surface area contributed by atoms with Crippen LogP contribution in [0.2, 0.25) is 0 Å². The molecule has 2 rings (SSSR count). The molecular weight excluding hydrogens is 328 g/mol. The van der Waals surface area contributed by atoms with Crippen LogP contribution in [0.5, 0.6) is 0 Å². The van der Waals surface area contributed by atoms with Crippen LogP contribution < -0.4 is 0 Å². The second-order valence-electron chi connectivity index (χ2n) is 6.30. The first-order valence-electron chi connectivity index (χ1n) is 8.08. The topological polar surface area (TPSA) is 90.6 Å². The molecule has 0 saturated carbocycles. The number of aliphatic hydroxyl groups excluding tert-OH is 1. The van der Waals surface area contributed by atoms with E-state index in [2.05, 4.69) is 0 Å². The predicted molar refractivity (Wildman–Crippen MR) is 89.8 cm³/mol. The maximum Gasteiger partial charge on any atom is 0.244 e. The molecule has 0 bridgehead atoms. The first-order valence-corrected chi connectivity index (χ1v) is 9.52. The van der Waals surface area contributed by atoms with Gasteiger partial charge in [0.05, 0.1) is 10.5 Å². The molecule has 0 unspecified atom stereocenters. The van der Waals surface area contributed by atoms with Crippen molar-refractivity contribution in [3.63, 3.8) is 0 Å². The Balaban J connectivity index is 2.26. The minimum Gasteiger partial charge on any atom is -0.396 e. The van der Waals surface area contributed by atoms with Gasteiger partial charge in [-0.05, 0) is 37.8 Å². The van der Waals surface area contributed by atoms with Gasteiger partial charge in [-0.3, -0.25) is 0 Å². The molecule has 6 nitrogen and oxygen atoms in total. The van der Waals surface area contributed by atoms with E-state index in [1.54, 1.807) is 19.2 Å². The first kappa shape index (κ1) is 18.9. The molecule has 1 aromatic carbocycles. The maximum absolute atomic E-state index is 13.0. The summed E-state index contributed by atoms with van der Waals surface area (Å²) in [5, 5.41) is 19.1. The van der Waals surface area contributed by atoms with Gasteiger partial charge in [-0.15, -0.1) is 0 Å². The van der Waals surface area contributed by atoms with E-state index < -0.39 is 15.4 Å². The zero-order valence-electron chi connectivity index (χ0n) is 13.9. The average molecular weight is 352 g/mol. The number of benzene rings is 1. The van der Waals surface area contributed by atoms with E-state index in [1.165, 1.54) is 16.4 Å². The Hall–Kier alpha value is -1.46. The molecule has 7 heteroatoms. The van der Waals surface area contributed by atoms with Gasteiger partial charge in [0.2, 0.25) is 10.0 Å². The number of piperidine rings is 1. The molecule has 1 heterocycles. The lowest BCUT2D eigenvalue weighted by atomic mass is 9.78. The van der Waals surface area contributed by atoms with Crippen molar-refractivity contribution in [2.24, 2.45) is 5.41 Å². The minimum atomic E-state index is -3.75. The van der Waals surface area contributed by atoms with Crippen LogP contribution in [0.25, 0.3) is 0 Å². The fraction of sp³-hybridized carbons (Fsp3) is 0.588. The number of nitriles is 1. The molecule has 1 saturated heterocycles. The van der Waals surface area contributed by atoms with Crippen LogP contribution in [-0.4, -0.2) is 51.2 Å². The summed E-state index contributed by atoms with van der Waals surface area (Å²) in [7, 11) is -2.12. The maximum atomic E-state index is 13.0. The third kappa shape index (κ3) is 3.95. The summed E-state index contributed by atoms with van der Waals surface area (Å²) in [5.41, 5.74) is -0.289. The van der Waals surface area contributed by atoms with E-state index >= 15 is 0 Å². The minimum absolute atomic E-state index is 0.0399. The summed E-state index contributed by atoms with van der Waals surface area (Å²) in [5.74, 6) is 0. The molecule has 0 radical (unpaired) electrons. The van der Waals surface area contributed by atoms with E-state index in [0.717, 1.165) is 12.8 Å². The van der Waals surface area contributed by atoms with Gasteiger partial charge in [-0.1, -0.05) is 12.1 Å². The molecule has 0 aliphatic carbocycles. The van der Waals surface area contributed by atoms with Crippen LogP contribution in [-0.2, 0) is 14.8 Å². The Morgan fingerprint density at radius 2 is 2.17 bits per heavy atom. The number of hydrogen-bond donors (Lipinski definition) is 1. The van der Waals surface area contributed by atoms with Crippen LogP contribution in [0.3, 0.4) is 0 Å². The van der Waals surface area contributed by atoms with Crippen LogP contribution in [0.15, 0.2) is 29.2 Å². The number of sulfonamides is 1. The fourth-order valence-corrected chi connectivity index (χ4v) is 5.03. The molecule has 0 amide bonds. The van der Waals surface area contributed by atoms with Gasteiger partial charge in [0.25, 0.3) is 0 Å². The molecular formula is C17H24N2O4S. The van der Waals surface area contributed by atoms with Gasteiger partial charge in [0, 0.05) is 38.8 Å². The molecule has 1 aliphatic rings. The van der Waals surface area contributed by atoms with Gasteiger partial charge in [-0.2, -0.15) is 9.57 Å². The van der Waals surface area contributed by atoms with Crippen LogP contribution >= 0.6 is 0 Å². The van der Waals surface area contributed by atoms with Gasteiger partial charge in [-0.25, -0.2) is 8.42 Å². The monoisotopic (exact) mass is 352 g/mol. The van der Waals surface area contributed by atoms with Crippen molar-refractivity contribution in [3.8, 4) is 6.07 Å². The molecule has 0 aromatic heterocycles. The SMILES string of the molecule is COCCC[C@]1(CO)CCCN(S(=O)(=O)c2ccccc2C#N)C1. The number of rotatable bonds is 7. The molecule has 1 aromatic rings. The molecule has 1 N–H and O–H groups in total. The summed E-state index contributed by atoms with van der Waals surface area (Å²) >= 11 is 0. The normalized spacial score (nSPS) is 22.2. The highest BCUT2D eigenvalue weighted by molar-refractivity contribution is 7.89. The van der Waals surface area contributed by atoms with E-state index in [-0.39, 0.29) is 23.6 Å². The van der Waals surface area contributed by atoms with Crippen molar-refractivity contribution in [1.29, 1.82) is 5.26 Å². The lowest BCUT2D eigenvalue weighted by Gasteiger charge is -2.41. The zero-order valence-corrected chi connectivity index (χ0v) is 14.8. The van der Waals surface area contributed by atoms with E-state index in [0.29, 0.717) is 26.0 Å². The lowest BCUT2D eigenvalue weighted by Crippen LogP contribution is -2.48. The molecule has 0 spiro atoms. The zero-order chi connectivity index (χ0) is 17.6. The molecule has 1 aliphatic heterocycles. The Morgan fingerprint density at radius 1 is 1.42 bits per heavy atom. The third-order valence-electron chi connectivity index (χ3n) is 4.64. The van der Waals surface area contributed by atoms with Gasteiger partial charge in [0.15, 0.2) is 0 Å². The Bertz CT molecular complexity index is 699. The molecule has 24 heavy (non-hydrogen) atoms. The highest BCUT2D eigenvalue weighted by Gasteiger charge is 2.40. The van der Waals surface area contributed by atoms with E-state index in [1.807, 2.05) is 6.07 Å². The number of ether oxygens (including phenoxy) is 1. The van der Waals surface area contributed by atoms with Crippen LogP contribution in [0, 0.1) is 16.7 Å². The fourth-order valence-electron chi connectivity index (χ4n) is 3.29. The summed E-state index contributed by atoms with van der Waals surface area (Å²) in [6.07, 6.45) is 2.98. The number of nitrogens with zero attached hydrogens (tertiary/aromatic N) is 2. The number of hydrogen-bond acceptors (Lipinski definition) is 5. The quantitative estimate of drug-likeness (QED) is 0.755. The number of methoxy groups -OCH3 is 1. The van der Waals surface area contributed by atoms with Crippen molar-refractivity contribution in [3.05, 3.63) is 29.8 Å². The van der Waals surface area contributed by atoms with Gasteiger partial charge >= 0.3 is 0 Å². The van der Waals surface area contributed by atoms with Gasteiger partial charge < -0.3 is 9.84 Å². The van der Waals surface area contributed by atoms with Crippen molar-refractivity contribution < 1.29 is 18.3 Å². The first-order chi connectivity index (χ1) is 11.5. The van der Waals surface area contributed by atoms with E-state index in [9.17, 15) is 18.8 Å². The second kappa shape index (κ2) is 8.08.